The number of hydrogen-bond acceptors (Lipinski definition) is 3. The molecule has 1 fully saturated rings. The van der Waals surface area contributed by atoms with Gasteiger partial charge in [-0.15, -0.1) is 0 Å². The fraction of sp³-hybridized carbons (Fsp3) is 0.588. The second-order valence-corrected chi connectivity index (χ2v) is 6.95. The molecule has 1 aromatic carbocycles. The van der Waals surface area contributed by atoms with E-state index in [1.165, 1.54) is 11.0 Å². The van der Waals surface area contributed by atoms with Crippen molar-refractivity contribution in [3.05, 3.63) is 35.4 Å². The lowest BCUT2D eigenvalue weighted by atomic mass is 9.89. The number of aliphatic hydroxyl groups excluding tert-OH is 2. The Hall–Kier alpha value is -1.60. The summed E-state index contributed by atoms with van der Waals surface area (Å²) in [7, 11) is 1.54. The van der Waals surface area contributed by atoms with E-state index in [1.54, 1.807) is 20.0 Å². The van der Waals surface area contributed by atoms with Gasteiger partial charge >= 0.3 is 6.18 Å². The minimum atomic E-state index is -4.45. The van der Waals surface area contributed by atoms with Crippen LogP contribution in [0.15, 0.2) is 24.3 Å². The van der Waals surface area contributed by atoms with Crippen molar-refractivity contribution in [1.29, 1.82) is 0 Å². The van der Waals surface area contributed by atoms with E-state index in [2.05, 4.69) is 0 Å². The molecule has 24 heavy (non-hydrogen) atoms. The van der Waals surface area contributed by atoms with Crippen molar-refractivity contribution in [2.75, 3.05) is 26.8 Å². The normalized spacial score (nSPS) is 16.8. The van der Waals surface area contributed by atoms with Crippen LogP contribution in [0.3, 0.4) is 0 Å². The Kier molecular flexibility index (Phi) is 4.97. The van der Waals surface area contributed by atoms with Gasteiger partial charge in [-0.3, -0.25) is 4.79 Å². The Morgan fingerprint density at radius 3 is 2.29 bits per heavy atom. The van der Waals surface area contributed by atoms with Gasteiger partial charge in [-0.2, -0.15) is 13.2 Å². The van der Waals surface area contributed by atoms with Crippen molar-refractivity contribution in [1.82, 2.24) is 4.90 Å². The molecule has 1 saturated carbocycles. The van der Waals surface area contributed by atoms with Crippen LogP contribution >= 0.6 is 0 Å². The van der Waals surface area contributed by atoms with Gasteiger partial charge in [-0.1, -0.05) is 25.1 Å². The molecule has 0 heterocycles. The van der Waals surface area contributed by atoms with Gasteiger partial charge in [0.25, 0.3) is 0 Å². The molecule has 0 unspecified atom stereocenters. The Morgan fingerprint density at radius 1 is 1.25 bits per heavy atom. The lowest BCUT2D eigenvalue weighted by molar-refractivity contribution is -0.138. The van der Waals surface area contributed by atoms with Gasteiger partial charge < -0.3 is 15.1 Å². The van der Waals surface area contributed by atoms with E-state index in [9.17, 15) is 28.2 Å². The number of hydrogen-bond donors (Lipinski definition) is 2. The molecule has 4 nitrogen and oxygen atoms in total. The zero-order valence-electron chi connectivity index (χ0n) is 13.7. The Morgan fingerprint density at radius 2 is 1.83 bits per heavy atom. The SMILES string of the molecule is CN(CC(C)(CO)CO)C(=O)C1(c2cccc(C(F)(F)F)c2)CC1. The standard InChI is InChI=1S/C17H22F3NO3/c1-15(10-22,11-23)9-21(2)14(24)16(6-7-16)12-4-3-5-13(8-12)17(18,19)20/h3-5,8,22-23H,6-7,9-11H2,1-2H3. The number of halogens is 3. The van der Waals surface area contributed by atoms with E-state index in [0.717, 1.165) is 12.1 Å². The third-order valence-electron chi connectivity index (χ3n) is 4.63. The maximum Gasteiger partial charge on any atom is 0.416 e. The third kappa shape index (κ3) is 3.57. The first-order chi connectivity index (χ1) is 11.1. The van der Waals surface area contributed by atoms with E-state index in [1.807, 2.05) is 0 Å². The molecule has 0 aromatic heterocycles. The maximum atomic E-state index is 12.9. The summed E-state index contributed by atoms with van der Waals surface area (Å²) in [6.45, 7) is 1.18. The molecule has 7 heteroatoms. The molecule has 0 aliphatic heterocycles. The molecular weight excluding hydrogens is 323 g/mol. The molecule has 1 aliphatic rings. The summed E-state index contributed by atoms with van der Waals surface area (Å²) in [4.78, 5) is 14.2. The molecule has 134 valence electrons. The van der Waals surface area contributed by atoms with Gasteiger partial charge in [0.1, 0.15) is 0 Å². The van der Waals surface area contributed by atoms with Gasteiger partial charge in [0.05, 0.1) is 24.2 Å². The molecule has 2 N–H and O–H groups in total. The van der Waals surface area contributed by atoms with E-state index >= 15 is 0 Å². The van der Waals surface area contributed by atoms with Crippen molar-refractivity contribution in [2.45, 2.75) is 31.4 Å². The predicted molar refractivity (Wildman–Crippen MR) is 82.3 cm³/mol. The molecule has 0 radical (unpaired) electrons. The number of aliphatic hydroxyl groups is 2. The number of rotatable bonds is 6. The van der Waals surface area contributed by atoms with Gasteiger partial charge in [0.2, 0.25) is 5.91 Å². The highest BCUT2D eigenvalue weighted by molar-refractivity contribution is 5.91. The summed E-state index contributed by atoms with van der Waals surface area (Å²) in [5.41, 5.74) is -2.18. The highest BCUT2D eigenvalue weighted by atomic mass is 19.4. The van der Waals surface area contributed by atoms with Gasteiger partial charge in [-0.05, 0) is 24.5 Å². The molecule has 1 amide bonds. The van der Waals surface area contributed by atoms with Gasteiger partial charge in [0, 0.05) is 19.0 Å². The lowest BCUT2D eigenvalue weighted by Gasteiger charge is -2.32. The number of nitrogens with zero attached hydrogens (tertiary/aromatic N) is 1. The fourth-order valence-corrected chi connectivity index (χ4v) is 2.90. The average molecular weight is 345 g/mol. The van der Waals surface area contributed by atoms with Crippen LogP contribution in [0.4, 0.5) is 13.2 Å². The zero-order valence-corrected chi connectivity index (χ0v) is 13.7. The molecule has 0 bridgehead atoms. The van der Waals surface area contributed by atoms with Crippen molar-refractivity contribution >= 4 is 5.91 Å². The topological polar surface area (TPSA) is 60.8 Å². The Bertz CT molecular complexity index is 607. The maximum absolute atomic E-state index is 12.9. The van der Waals surface area contributed by atoms with Crippen LogP contribution < -0.4 is 0 Å². The number of amides is 1. The van der Waals surface area contributed by atoms with Crippen molar-refractivity contribution in [3.8, 4) is 0 Å². The smallest absolute Gasteiger partial charge is 0.396 e. The number of alkyl halides is 3. The number of carbonyl (C=O) groups is 1. The molecule has 0 saturated heterocycles. The highest BCUT2D eigenvalue weighted by Gasteiger charge is 2.53. The molecule has 0 atom stereocenters. The van der Waals surface area contributed by atoms with Crippen molar-refractivity contribution in [2.24, 2.45) is 5.41 Å². The number of benzene rings is 1. The zero-order chi connectivity index (χ0) is 18.2. The first-order valence-electron chi connectivity index (χ1n) is 7.73. The summed E-state index contributed by atoms with van der Waals surface area (Å²) in [5, 5.41) is 18.7. The quantitative estimate of drug-likeness (QED) is 0.831. The summed E-state index contributed by atoms with van der Waals surface area (Å²) in [6, 6.07) is 4.89. The van der Waals surface area contributed by atoms with Crippen LogP contribution in [0.2, 0.25) is 0 Å². The van der Waals surface area contributed by atoms with Crippen LogP contribution in [0.1, 0.15) is 30.9 Å². The van der Waals surface area contributed by atoms with Crippen molar-refractivity contribution < 1.29 is 28.2 Å². The summed E-state index contributed by atoms with van der Waals surface area (Å²) in [6.07, 6.45) is -3.47. The first kappa shape index (κ1) is 18.7. The summed E-state index contributed by atoms with van der Waals surface area (Å²) in [5.74, 6) is -0.282. The minimum absolute atomic E-state index is 0.125. The van der Waals surface area contributed by atoms with Gasteiger partial charge in [-0.25, -0.2) is 0 Å². The molecule has 1 aliphatic carbocycles. The molecule has 2 rings (SSSR count). The van der Waals surface area contributed by atoms with E-state index < -0.39 is 22.6 Å². The number of carbonyl (C=O) groups excluding carboxylic acids is 1. The monoisotopic (exact) mass is 345 g/mol. The van der Waals surface area contributed by atoms with Crippen molar-refractivity contribution in [3.63, 3.8) is 0 Å². The predicted octanol–water partition coefficient (Wildman–Crippen LogP) is 2.19. The Labute approximate surface area is 138 Å². The molecular formula is C17H22F3NO3. The van der Waals surface area contributed by atoms with Crippen LogP contribution in [0.5, 0.6) is 0 Å². The largest absolute Gasteiger partial charge is 0.416 e. The van der Waals surface area contributed by atoms with E-state index in [0.29, 0.717) is 18.4 Å². The third-order valence-corrected chi connectivity index (χ3v) is 4.63. The first-order valence-corrected chi connectivity index (χ1v) is 7.73. The average Bonchev–Trinajstić information content (AvgIpc) is 3.35. The minimum Gasteiger partial charge on any atom is -0.396 e. The van der Waals surface area contributed by atoms with E-state index in [4.69, 9.17) is 0 Å². The summed E-state index contributed by atoms with van der Waals surface area (Å²) < 4.78 is 38.7. The van der Waals surface area contributed by atoms with E-state index in [-0.39, 0.29) is 25.7 Å². The fourth-order valence-electron chi connectivity index (χ4n) is 2.90. The van der Waals surface area contributed by atoms with Crippen LogP contribution in [-0.2, 0) is 16.4 Å². The van der Waals surface area contributed by atoms with Gasteiger partial charge in [0.15, 0.2) is 0 Å². The van der Waals surface area contributed by atoms with Crippen LogP contribution in [-0.4, -0.2) is 47.8 Å². The Balaban J connectivity index is 2.23. The summed E-state index contributed by atoms with van der Waals surface area (Å²) >= 11 is 0. The second-order valence-electron chi connectivity index (χ2n) is 6.95. The lowest BCUT2D eigenvalue weighted by Crippen LogP contribution is -2.45. The highest BCUT2D eigenvalue weighted by Crippen LogP contribution is 2.50. The molecule has 1 aromatic rings. The number of likely N-dealkylation sites (N-methyl/N-ethyl adjacent to an activating group) is 1. The van der Waals surface area contributed by atoms with Crippen LogP contribution in [0.25, 0.3) is 0 Å². The molecule has 0 spiro atoms. The van der Waals surface area contributed by atoms with Crippen LogP contribution in [0, 0.1) is 5.41 Å². The second kappa shape index (κ2) is 6.37.